The van der Waals surface area contributed by atoms with Gasteiger partial charge in [-0.15, -0.1) is 12.4 Å². The molecule has 2 aliphatic heterocycles. The Morgan fingerprint density at radius 1 is 1.11 bits per heavy atom. The van der Waals surface area contributed by atoms with Crippen LogP contribution in [-0.2, 0) is 9.53 Å². The first kappa shape index (κ1) is 21.9. The van der Waals surface area contributed by atoms with Crippen molar-refractivity contribution in [1.82, 2.24) is 9.80 Å². The Bertz CT molecular complexity index is 613. The fraction of sp³-hybridized carbons (Fsp3) is 0.591. The van der Waals surface area contributed by atoms with Gasteiger partial charge < -0.3 is 9.64 Å². The van der Waals surface area contributed by atoms with E-state index in [1.54, 1.807) is 0 Å². The number of piperidine rings is 1. The van der Waals surface area contributed by atoms with E-state index in [4.69, 9.17) is 4.74 Å². The maximum atomic E-state index is 12.5. The third-order valence-corrected chi connectivity index (χ3v) is 5.72. The smallest absolute Gasteiger partial charge is 0.223 e. The molecule has 2 saturated heterocycles. The van der Waals surface area contributed by atoms with Gasteiger partial charge in [0.25, 0.3) is 0 Å². The molecule has 5 heteroatoms. The van der Waals surface area contributed by atoms with Crippen molar-refractivity contribution in [1.29, 1.82) is 0 Å². The summed E-state index contributed by atoms with van der Waals surface area (Å²) in [6.45, 7) is 10.5. The van der Waals surface area contributed by atoms with Gasteiger partial charge in [-0.2, -0.15) is 0 Å². The SMILES string of the molecule is Cc1cccc(C)c1/C=C/C1CCN(C(=O)CCN2CCOCC2)CC1.Cl. The number of amides is 1. The number of benzene rings is 1. The lowest BCUT2D eigenvalue weighted by Gasteiger charge is -2.32. The number of carbonyl (C=O) groups is 1. The Balaban J connectivity index is 0.00000261. The van der Waals surface area contributed by atoms with E-state index < -0.39 is 0 Å². The lowest BCUT2D eigenvalue weighted by atomic mass is 9.94. The van der Waals surface area contributed by atoms with Gasteiger partial charge in [-0.3, -0.25) is 9.69 Å². The number of hydrogen-bond acceptors (Lipinski definition) is 3. The standard InChI is InChI=1S/C22H32N2O2.ClH/c1-18-4-3-5-19(2)21(18)7-6-20-8-12-24(13-9-20)22(25)10-11-23-14-16-26-17-15-23;/h3-7,20H,8-17H2,1-2H3;1H/b7-6+;. The average molecular weight is 393 g/mol. The van der Waals surface area contributed by atoms with E-state index in [-0.39, 0.29) is 12.4 Å². The zero-order chi connectivity index (χ0) is 18.4. The number of hydrogen-bond donors (Lipinski definition) is 0. The Kier molecular flexibility index (Phi) is 8.81. The summed E-state index contributed by atoms with van der Waals surface area (Å²) < 4.78 is 5.36. The van der Waals surface area contributed by atoms with Gasteiger partial charge in [0.1, 0.15) is 0 Å². The Morgan fingerprint density at radius 3 is 2.37 bits per heavy atom. The minimum atomic E-state index is 0. The molecule has 0 N–H and O–H groups in total. The molecule has 0 atom stereocenters. The van der Waals surface area contributed by atoms with Crippen molar-refractivity contribution in [3.05, 3.63) is 41.0 Å². The van der Waals surface area contributed by atoms with Crippen molar-refractivity contribution >= 4 is 24.4 Å². The number of carbonyl (C=O) groups excluding carboxylic acids is 1. The molecular formula is C22H33ClN2O2. The Labute approximate surface area is 170 Å². The molecule has 27 heavy (non-hydrogen) atoms. The summed E-state index contributed by atoms with van der Waals surface area (Å²) in [5, 5.41) is 0. The molecule has 0 saturated carbocycles. The number of morpholine rings is 1. The van der Waals surface area contributed by atoms with Gasteiger partial charge >= 0.3 is 0 Å². The minimum Gasteiger partial charge on any atom is -0.379 e. The lowest BCUT2D eigenvalue weighted by Crippen LogP contribution is -2.42. The molecule has 3 rings (SSSR count). The highest BCUT2D eigenvalue weighted by atomic mass is 35.5. The second-order valence-corrected chi connectivity index (χ2v) is 7.59. The van der Waals surface area contributed by atoms with Crippen LogP contribution in [0, 0.1) is 19.8 Å². The molecule has 1 aromatic rings. The van der Waals surface area contributed by atoms with Crippen LogP contribution in [0.4, 0.5) is 0 Å². The fourth-order valence-corrected chi connectivity index (χ4v) is 3.90. The number of rotatable bonds is 5. The van der Waals surface area contributed by atoms with Crippen LogP contribution in [0.5, 0.6) is 0 Å². The molecule has 2 aliphatic rings. The monoisotopic (exact) mass is 392 g/mol. The maximum Gasteiger partial charge on any atom is 0.223 e. The van der Waals surface area contributed by atoms with E-state index in [0.29, 0.717) is 18.2 Å². The van der Waals surface area contributed by atoms with Gasteiger partial charge in [0, 0.05) is 39.1 Å². The predicted molar refractivity (Wildman–Crippen MR) is 113 cm³/mol. The summed E-state index contributed by atoms with van der Waals surface area (Å²) in [4.78, 5) is 16.9. The van der Waals surface area contributed by atoms with E-state index in [1.807, 2.05) is 0 Å². The molecule has 0 aromatic heterocycles. The molecule has 2 heterocycles. The van der Waals surface area contributed by atoms with Crippen LogP contribution in [0.3, 0.4) is 0 Å². The number of nitrogens with zero attached hydrogens (tertiary/aromatic N) is 2. The van der Waals surface area contributed by atoms with E-state index in [0.717, 1.165) is 58.8 Å². The van der Waals surface area contributed by atoms with Crippen LogP contribution >= 0.6 is 12.4 Å². The molecule has 0 spiro atoms. The predicted octanol–water partition coefficient (Wildman–Crippen LogP) is 3.70. The lowest BCUT2D eigenvalue weighted by molar-refractivity contribution is -0.133. The summed E-state index contributed by atoms with van der Waals surface area (Å²) in [6.07, 6.45) is 7.43. The Morgan fingerprint density at radius 2 is 1.74 bits per heavy atom. The number of halogens is 1. The van der Waals surface area contributed by atoms with Gasteiger partial charge in [0.2, 0.25) is 5.91 Å². The first-order valence-corrected chi connectivity index (χ1v) is 9.96. The molecule has 1 amide bonds. The van der Waals surface area contributed by atoms with Crippen LogP contribution in [0.15, 0.2) is 24.3 Å². The summed E-state index contributed by atoms with van der Waals surface area (Å²) in [5.41, 5.74) is 4.01. The minimum absolute atomic E-state index is 0. The summed E-state index contributed by atoms with van der Waals surface area (Å²) in [5.74, 6) is 0.894. The second-order valence-electron chi connectivity index (χ2n) is 7.59. The van der Waals surface area contributed by atoms with Crippen molar-refractivity contribution in [2.24, 2.45) is 5.92 Å². The molecular weight excluding hydrogens is 360 g/mol. The highest BCUT2D eigenvalue weighted by molar-refractivity contribution is 5.85. The van der Waals surface area contributed by atoms with Gasteiger partial charge in [-0.1, -0.05) is 30.4 Å². The van der Waals surface area contributed by atoms with Gasteiger partial charge in [0.05, 0.1) is 13.2 Å². The number of ether oxygens (including phenoxy) is 1. The summed E-state index contributed by atoms with van der Waals surface area (Å²) in [6, 6.07) is 6.45. The van der Waals surface area contributed by atoms with Crippen LogP contribution in [0.1, 0.15) is 36.0 Å². The highest BCUT2D eigenvalue weighted by Crippen LogP contribution is 2.22. The average Bonchev–Trinajstić information content (AvgIpc) is 2.67. The number of aryl methyl sites for hydroxylation is 2. The normalized spacial score (nSPS) is 19.3. The van der Waals surface area contributed by atoms with E-state index >= 15 is 0 Å². The maximum absolute atomic E-state index is 12.5. The van der Waals surface area contributed by atoms with Gasteiger partial charge in [-0.05, 0) is 49.3 Å². The van der Waals surface area contributed by atoms with Crippen molar-refractivity contribution in [3.63, 3.8) is 0 Å². The fourth-order valence-electron chi connectivity index (χ4n) is 3.90. The van der Waals surface area contributed by atoms with Crippen molar-refractivity contribution in [2.45, 2.75) is 33.1 Å². The number of allylic oxidation sites excluding steroid dienone is 1. The highest BCUT2D eigenvalue weighted by Gasteiger charge is 2.22. The summed E-state index contributed by atoms with van der Waals surface area (Å²) in [7, 11) is 0. The topological polar surface area (TPSA) is 32.8 Å². The first-order chi connectivity index (χ1) is 12.6. The number of likely N-dealkylation sites (tertiary alicyclic amines) is 1. The van der Waals surface area contributed by atoms with Crippen LogP contribution < -0.4 is 0 Å². The summed E-state index contributed by atoms with van der Waals surface area (Å²) >= 11 is 0. The van der Waals surface area contributed by atoms with Crippen molar-refractivity contribution < 1.29 is 9.53 Å². The van der Waals surface area contributed by atoms with Crippen molar-refractivity contribution in [2.75, 3.05) is 45.9 Å². The van der Waals surface area contributed by atoms with Crippen LogP contribution in [0.2, 0.25) is 0 Å². The zero-order valence-corrected chi connectivity index (χ0v) is 17.5. The van der Waals surface area contributed by atoms with Gasteiger partial charge in [0.15, 0.2) is 0 Å². The molecule has 4 nitrogen and oxygen atoms in total. The molecule has 0 bridgehead atoms. The van der Waals surface area contributed by atoms with Crippen molar-refractivity contribution in [3.8, 4) is 0 Å². The van der Waals surface area contributed by atoms with E-state index in [2.05, 4.69) is 54.0 Å². The zero-order valence-electron chi connectivity index (χ0n) is 16.7. The molecule has 0 aliphatic carbocycles. The third-order valence-electron chi connectivity index (χ3n) is 5.72. The van der Waals surface area contributed by atoms with Crippen LogP contribution in [-0.4, -0.2) is 61.6 Å². The quantitative estimate of drug-likeness (QED) is 0.765. The second kappa shape index (κ2) is 10.8. The largest absolute Gasteiger partial charge is 0.379 e. The molecule has 0 unspecified atom stereocenters. The van der Waals surface area contributed by atoms with Crippen LogP contribution in [0.25, 0.3) is 6.08 Å². The third kappa shape index (κ3) is 6.34. The molecule has 1 aromatic carbocycles. The molecule has 150 valence electrons. The van der Waals surface area contributed by atoms with E-state index in [9.17, 15) is 4.79 Å². The van der Waals surface area contributed by atoms with E-state index in [1.165, 1.54) is 16.7 Å². The molecule has 0 radical (unpaired) electrons. The van der Waals surface area contributed by atoms with Gasteiger partial charge in [-0.25, -0.2) is 0 Å². The molecule has 2 fully saturated rings. The first-order valence-electron chi connectivity index (χ1n) is 9.96. The Hall–Kier alpha value is -1.36.